The minimum atomic E-state index is -0.401. The van der Waals surface area contributed by atoms with Crippen LogP contribution >= 0.6 is 11.6 Å². The maximum absolute atomic E-state index is 9.96. The van der Waals surface area contributed by atoms with E-state index in [1.807, 2.05) is 30.3 Å². The lowest BCUT2D eigenvalue weighted by Gasteiger charge is -2.31. The number of para-hydroxylation sites is 1. The van der Waals surface area contributed by atoms with E-state index in [1.54, 1.807) is 0 Å². The highest BCUT2D eigenvalue weighted by atomic mass is 35.5. The van der Waals surface area contributed by atoms with Crippen LogP contribution in [-0.4, -0.2) is 11.2 Å². The predicted octanol–water partition coefficient (Wildman–Crippen LogP) is 4.65. The van der Waals surface area contributed by atoms with Gasteiger partial charge >= 0.3 is 0 Å². The number of halogens is 1. The average molecular weight is 277 g/mol. The third kappa shape index (κ3) is 2.43. The summed E-state index contributed by atoms with van der Waals surface area (Å²) in [7, 11) is 0. The second-order valence-electron chi connectivity index (χ2n) is 6.07. The third-order valence-corrected chi connectivity index (χ3v) is 3.93. The van der Waals surface area contributed by atoms with Crippen molar-refractivity contribution < 1.29 is 9.52 Å². The fourth-order valence-electron chi connectivity index (χ4n) is 2.86. The smallest absolute Gasteiger partial charge is 0.153 e. The molecule has 1 unspecified atom stereocenters. The van der Waals surface area contributed by atoms with Crippen molar-refractivity contribution >= 4 is 28.1 Å². The van der Waals surface area contributed by atoms with Crippen LogP contribution in [0.15, 0.2) is 34.8 Å². The summed E-state index contributed by atoms with van der Waals surface area (Å²) < 4.78 is 5.87. The Morgan fingerprint density at radius 3 is 2.84 bits per heavy atom. The van der Waals surface area contributed by atoms with Gasteiger partial charge in [-0.2, -0.15) is 0 Å². The second-order valence-corrected chi connectivity index (χ2v) is 6.48. The van der Waals surface area contributed by atoms with Crippen molar-refractivity contribution in [3.05, 3.63) is 41.1 Å². The molecular weight excluding hydrogens is 260 g/mol. The van der Waals surface area contributed by atoms with Gasteiger partial charge in [0.15, 0.2) is 5.58 Å². The molecule has 1 heterocycles. The fourth-order valence-corrected chi connectivity index (χ4v) is 3.08. The van der Waals surface area contributed by atoms with Crippen molar-refractivity contribution in [2.24, 2.45) is 5.41 Å². The molecule has 0 amide bonds. The van der Waals surface area contributed by atoms with Crippen molar-refractivity contribution in [3.8, 4) is 0 Å². The maximum atomic E-state index is 9.96. The molecule has 100 valence electrons. The van der Waals surface area contributed by atoms with Gasteiger partial charge in [0.2, 0.25) is 0 Å². The Balaban J connectivity index is 2.07. The zero-order valence-corrected chi connectivity index (χ0v) is 11.9. The molecule has 3 heteroatoms. The first-order valence-electron chi connectivity index (χ1n) is 6.52. The molecule has 0 aliphatic heterocycles. The standard InChI is InChI=1S/C16H17ClO2/c1-16(2)8-11(6-12(18)9-16)14-7-10-4-3-5-13(17)15(10)19-14/h3-7,12,18H,8-9H2,1-2H3. The summed E-state index contributed by atoms with van der Waals surface area (Å²) in [4.78, 5) is 0. The van der Waals surface area contributed by atoms with E-state index in [4.69, 9.17) is 16.0 Å². The molecule has 0 saturated carbocycles. The predicted molar refractivity (Wildman–Crippen MR) is 78.2 cm³/mol. The lowest BCUT2D eigenvalue weighted by atomic mass is 9.75. The molecule has 2 nitrogen and oxygen atoms in total. The van der Waals surface area contributed by atoms with Crippen LogP contribution in [0.3, 0.4) is 0 Å². The number of furan rings is 1. The van der Waals surface area contributed by atoms with Crippen LogP contribution in [0, 0.1) is 5.41 Å². The van der Waals surface area contributed by atoms with Crippen molar-refractivity contribution in [2.45, 2.75) is 32.8 Å². The summed E-state index contributed by atoms with van der Waals surface area (Å²) in [6.07, 6.45) is 3.19. The summed E-state index contributed by atoms with van der Waals surface area (Å²) in [5, 5.41) is 11.6. The summed E-state index contributed by atoms with van der Waals surface area (Å²) in [6.45, 7) is 4.33. The van der Waals surface area contributed by atoms with Gasteiger partial charge in [-0.05, 0) is 42.0 Å². The van der Waals surface area contributed by atoms with Gasteiger partial charge in [-0.1, -0.05) is 37.6 Å². The van der Waals surface area contributed by atoms with E-state index in [1.165, 1.54) is 0 Å². The van der Waals surface area contributed by atoms with E-state index in [0.717, 1.165) is 35.1 Å². The van der Waals surface area contributed by atoms with Gasteiger partial charge in [-0.15, -0.1) is 0 Å². The molecule has 3 rings (SSSR count). The lowest BCUT2D eigenvalue weighted by Crippen LogP contribution is -2.24. The first-order chi connectivity index (χ1) is 8.94. The molecule has 2 aromatic rings. The Hall–Kier alpha value is -1.25. The SMILES string of the molecule is CC1(C)CC(c2cc3cccc(Cl)c3o2)=CC(O)C1. The molecule has 1 N–H and O–H groups in total. The van der Waals surface area contributed by atoms with E-state index >= 15 is 0 Å². The summed E-state index contributed by atoms with van der Waals surface area (Å²) in [6, 6.07) is 7.73. The van der Waals surface area contributed by atoms with Crippen LogP contribution in [-0.2, 0) is 0 Å². The molecule has 1 aromatic carbocycles. The van der Waals surface area contributed by atoms with Gasteiger partial charge in [0.05, 0.1) is 11.1 Å². The van der Waals surface area contributed by atoms with E-state index in [-0.39, 0.29) is 5.41 Å². The Kier molecular flexibility index (Phi) is 2.95. The fraction of sp³-hybridized carbons (Fsp3) is 0.375. The van der Waals surface area contributed by atoms with Gasteiger partial charge in [0, 0.05) is 5.39 Å². The first kappa shape index (κ1) is 12.8. The lowest BCUT2D eigenvalue weighted by molar-refractivity contribution is 0.145. The number of aliphatic hydroxyl groups excluding tert-OH is 1. The van der Waals surface area contributed by atoms with Crippen LogP contribution in [0.1, 0.15) is 32.4 Å². The van der Waals surface area contributed by atoms with Crippen LogP contribution in [0.4, 0.5) is 0 Å². The maximum Gasteiger partial charge on any atom is 0.153 e. The molecule has 0 spiro atoms. The van der Waals surface area contributed by atoms with Crippen molar-refractivity contribution in [2.75, 3.05) is 0 Å². The Morgan fingerprint density at radius 1 is 1.37 bits per heavy atom. The van der Waals surface area contributed by atoms with Crippen molar-refractivity contribution in [3.63, 3.8) is 0 Å². The van der Waals surface area contributed by atoms with Crippen molar-refractivity contribution in [1.82, 2.24) is 0 Å². The largest absolute Gasteiger partial charge is 0.455 e. The number of benzene rings is 1. The Labute approximate surface area is 117 Å². The van der Waals surface area contributed by atoms with E-state index in [9.17, 15) is 5.11 Å². The zero-order valence-electron chi connectivity index (χ0n) is 11.1. The van der Waals surface area contributed by atoms with Crippen LogP contribution < -0.4 is 0 Å². The Bertz CT molecular complexity index is 652. The molecule has 19 heavy (non-hydrogen) atoms. The number of rotatable bonds is 1. The van der Waals surface area contributed by atoms with Crippen molar-refractivity contribution in [1.29, 1.82) is 0 Å². The molecular formula is C16H17ClO2. The van der Waals surface area contributed by atoms with Gasteiger partial charge in [0.1, 0.15) is 5.76 Å². The highest BCUT2D eigenvalue weighted by Gasteiger charge is 2.29. The molecule has 1 aliphatic rings. The monoisotopic (exact) mass is 276 g/mol. The molecule has 1 aromatic heterocycles. The summed E-state index contributed by atoms with van der Waals surface area (Å²) in [5.41, 5.74) is 1.88. The molecule has 1 atom stereocenters. The highest BCUT2D eigenvalue weighted by Crippen LogP contribution is 2.41. The van der Waals surface area contributed by atoms with Gasteiger partial charge in [-0.25, -0.2) is 0 Å². The van der Waals surface area contributed by atoms with E-state index < -0.39 is 6.10 Å². The number of aliphatic hydroxyl groups is 1. The van der Waals surface area contributed by atoms with Gasteiger partial charge in [-0.3, -0.25) is 0 Å². The number of fused-ring (bicyclic) bond motifs is 1. The van der Waals surface area contributed by atoms with Gasteiger partial charge < -0.3 is 9.52 Å². The summed E-state index contributed by atoms with van der Waals surface area (Å²) >= 11 is 6.13. The average Bonchev–Trinajstić information content (AvgIpc) is 2.71. The normalized spacial score (nSPS) is 22.5. The molecule has 0 radical (unpaired) electrons. The zero-order chi connectivity index (χ0) is 13.6. The highest BCUT2D eigenvalue weighted by molar-refractivity contribution is 6.34. The topological polar surface area (TPSA) is 33.4 Å². The molecule has 1 aliphatic carbocycles. The third-order valence-electron chi connectivity index (χ3n) is 3.64. The van der Waals surface area contributed by atoms with E-state index in [2.05, 4.69) is 13.8 Å². The molecule has 0 saturated heterocycles. The van der Waals surface area contributed by atoms with Crippen LogP contribution in [0.5, 0.6) is 0 Å². The number of allylic oxidation sites excluding steroid dienone is 1. The minimum Gasteiger partial charge on any atom is -0.455 e. The quantitative estimate of drug-likeness (QED) is 0.822. The van der Waals surface area contributed by atoms with E-state index in [0.29, 0.717) is 5.02 Å². The van der Waals surface area contributed by atoms with Gasteiger partial charge in [0.25, 0.3) is 0 Å². The first-order valence-corrected chi connectivity index (χ1v) is 6.90. The number of hydrogen-bond acceptors (Lipinski definition) is 2. The molecule has 0 bridgehead atoms. The minimum absolute atomic E-state index is 0.0896. The second kappa shape index (κ2) is 4.39. The Morgan fingerprint density at radius 2 is 2.16 bits per heavy atom. The molecule has 0 fully saturated rings. The van der Waals surface area contributed by atoms with Crippen LogP contribution in [0.2, 0.25) is 5.02 Å². The summed E-state index contributed by atoms with van der Waals surface area (Å²) in [5.74, 6) is 0.815. The van der Waals surface area contributed by atoms with Crippen LogP contribution in [0.25, 0.3) is 16.5 Å². The number of hydrogen-bond donors (Lipinski definition) is 1.